The molecular formula is C13H23N3OS. The van der Waals surface area contributed by atoms with E-state index in [-0.39, 0.29) is 12.1 Å². The first-order chi connectivity index (χ1) is 8.64. The second-order valence-corrected chi connectivity index (χ2v) is 6.58. The summed E-state index contributed by atoms with van der Waals surface area (Å²) < 4.78 is 0. The van der Waals surface area contributed by atoms with Gasteiger partial charge in [0.05, 0.1) is 6.61 Å². The summed E-state index contributed by atoms with van der Waals surface area (Å²) in [6.45, 7) is 3.06. The number of nitrogens with zero attached hydrogens (tertiary/aromatic N) is 1. The zero-order valence-corrected chi connectivity index (χ0v) is 11.8. The summed E-state index contributed by atoms with van der Waals surface area (Å²) in [4.78, 5) is 5.18. The Morgan fingerprint density at radius 1 is 1.50 bits per heavy atom. The highest BCUT2D eigenvalue weighted by Gasteiger charge is 2.33. The van der Waals surface area contributed by atoms with E-state index in [0.29, 0.717) is 11.0 Å². The van der Waals surface area contributed by atoms with Crippen molar-refractivity contribution in [3.05, 3.63) is 11.1 Å². The fourth-order valence-corrected chi connectivity index (χ4v) is 3.39. The Kier molecular flexibility index (Phi) is 4.59. The average Bonchev–Trinajstić information content (AvgIpc) is 2.83. The molecule has 1 fully saturated rings. The van der Waals surface area contributed by atoms with Crippen molar-refractivity contribution < 1.29 is 5.11 Å². The highest BCUT2D eigenvalue weighted by Crippen LogP contribution is 2.32. The molecule has 1 unspecified atom stereocenters. The molecule has 0 aliphatic heterocycles. The summed E-state index contributed by atoms with van der Waals surface area (Å²) in [6.07, 6.45) is 8.16. The van der Waals surface area contributed by atoms with Crippen LogP contribution in [0.2, 0.25) is 0 Å². The quantitative estimate of drug-likeness (QED) is 0.766. The number of hydrogen-bond donors (Lipinski definition) is 3. The Morgan fingerprint density at radius 2 is 2.22 bits per heavy atom. The third kappa shape index (κ3) is 3.22. The maximum absolute atomic E-state index is 9.72. The Balaban J connectivity index is 1.94. The van der Waals surface area contributed by atoms with Crippen molar-refractivity contribution in [3.63, 3.8) is 0 Å². The van der Waals surface area contributed by atoms with Crippen LogP contribution in [-0.2, 0) is 6.54 Å². The van der Waals surface area contributed by atoms with Crippen molar-refractivity contribution in [3.8, 4) is 0 Å². The number of aromatic nitrogens is 1. The van der Waals surface area contributed by atoms with E-state index in [9.17, 15) is 5.11 Å². The van der Waals surface area contributed by atoms with Crippen molar-refractivity contribution in [1.29, 1.82) is 0 Å². The van der Waals surface area contributed by atoms with Gasteiger partial charge in [-0.15, -0.1) is 11.3 Å². The Labute approximate surface area is 113 Å². The molecule has 0 bridgehead atoms. The lowest BCUT2D eigenvalue weighted by molar-refractivity contribution is 0.0939. The largest absolute Gasteiger partial charge is 0.394 e. The summed E-state index contributed by atoms with van der Waals surface area (Å²) in [7, 11) is 0. The summed E-state index contributed by atoms with van der Waals surface area (Å²) in [5.41, 5.74) is 5.44. The van der Waals surface area contributed by atoms with Gasteiger partial charge in [-0.2, -0.15) is 0 Å². The molecule has 0 spiro atoms. The van der Waals surface area contributed by atoms with Crippen molar-refractivity contribution in [2.24, 2.45) is 5.92 Å². The number of aliphatic hydroxyl groups is 1. The number of aliphatic hydroxyl groups excluding tert-OH is 1. The lowest BCUT2D eigenvalue weighted by Crippen LogP contribution is -2.51. The predicted octanol–water partition coefficient (Wildman–Crippen LogP) is 2.15. The molecule has 4 nitrogen and oxygen atoms in total. The van der Waals surface area contributed by atoms with Crippen molar-refractivity contribution >= 4 is 16.5 Å². The van der Waals surface area contributed by atoms with Gasteiger partial charge in [-0.3, -0.25) is 0 Å². The van der Waals surface area contributed by atoms with Gasteiger partial charge in [-0.1, -0.05) is 19.3 Å². The molecule has 1 aliphatic rings. The minimum absolute atomic E-state index is 0.181. The predicted molar refractivity (Wildman–Crippen MR) is 75.4 cm³/mol. The standard InChI is InChI=1S/C13H23N3OS/c1-13(9-17,10-5-3-2-4-6-10)16-8-11-7-15-12(14)18-11/h7,10,16-17H,2-6,8-9H2,1H3,(H2,14,15). The van der Waals surface area contributed by atoms with E-state index in [1.54, 1.807) is 0 Å². The van der Waals surface area contributed by atoms with Gasteiger partial charge in [-0.25, -0.2) is 4.98 Å². The average molecular weight is 269 g/mol. The molecule has 0 saturated heterocycles. The zero-order chi connectivity index (χ0) is 13.0. The zero-order valence-electron chi connectivity index (χ0n) is 11.0. The SMILES string of the molecule is CC(CO)(NCc1cnc(N)s1)C1CCCCC1. The Hall–Kier alpha value is -0.650. The number of nitrogens with one attached hydrogen (secondary N) is 1. The third-order valence-corrected chi connectivity index (χ3v) is 4.90. The molecule has 5 heteroatoms. The van der Waals surface area contributed by atoms with Crippen LogP contribution in [0.1, 0.15) is 43.9 Å². The van der Waals surface area contributed by atoms with E-state index in [2.05, 4.69) is 17.2 Å². The Morgan fingerprint density at radius 3 is 2.78 bits per heavy atom. The number of nitrogen functional groups attached to an aromatic ring is 1. The van der Waals surface area contributed by atoms with Gasteiger partial charge in [0.25, 0.3) is 0 Å². The molecule has 0 radical (unpaired) electrons. The number of rotatable bonds is 5. The minimum atomic E-state index is -0.181. The Bertz CT molecular complexity index is 376. The van der Waals surface area contributed by atoms with Crippen molar-refractivity contribution in [2.75, 3.05) is 12.3 Å². The monoisotopic (exact) mass is 269 g/mol. The van der Waals surface area contributed by atoms with Gasteiger partial charge in [0, 0.05) is 23.2 Å². The van der Waals surface area contributed by atoms with Gasteiger partial charge in [0.2, 0.25) is 0 Å². The fraction of sp³-hybridized carbons (Fsp3) is 0.769. The molecule has 2 rings (SSSR count). The van der Waals surface area contributed by atoms with Crippen LogP contribution in [0.5, 0.6) is 0 Å². The molecule has 1 aromatic rings. The molecule has 0 amide bonds. The van der Waals surface area contributed by atoms with Crippen LogP contribution in [0.3, 0.4) is 0 Å². The lowest BCUT2D eigenvalue weighted by Gasteiger charge is -2.39. The van der Waals surface area contributed by atoms with Gasteiger partial charge in [0.1, 0.15) is 0 Å². The first-order valence-electron chi connectivity index (χ1n) is 6.70. The van der Waals surface area contributed by atoms with Crippen LogP contribution >= 0.6 is 11.3 Å². The van der Waals surface area contributed by atoms with E-state index < -0.39 is 0 Å². The number of thiazole rings is 1. The smallest absolute Gasteiger partial charge is 0.180 e. The van der Waals surface area contributed by atoms with E-state index in [4.69, 9.17) is 5.73 Å². The maximum atomic E-state index is 9.72. The second-order valence-electron chi connectivity index (χ2n) is 5.43. The highest BCUT2D eigenvalue weighted by atomic mass is 32.1. The van der Waals surface area contributed by atoms with Crippen LogP contribution < -0.4 is 11.1 Å². The summed E-state index contributed by atoms with van der Waals surface area (Å²) in [5.74, 6) is 0.571. The summed E-state index contributed by atoms with van der Waals surface area (Å²) in [5, 5.41) is 13.8. The second kappa shape index (κ2) is 5.99. The van der Waals surface area contributed by atoms with E-state index in [1.807, 2.05) is 6.20 Å². The van der Waals surface area contributed by atoms with Crippen LogP contribution in [0, 0.1) is 5.92 Å². The van der Waals surface area contributed by atoms with E-state index >= 15 is 0 Å². The first kappa shape index (κ1) is 13.8. The van der Waals surface area contributed by atoms with Crippen LogP contribution in [0.15, 0.2) is 6.20 Å². The topological polar surface area (TPSA) is 71.2 Å². The first-order valence-corrected chi connectivity index (χ1v) is 7.52. The van der Waals surface area contributed by atoms with Crippen molar-refractivity contribution in [2.45, 2.75) is 51.1 Å². The number of anilines is 1. The molecular weight excluding hydrogens is 246 g/mol. The van der Waals surface area contributed by atoms with Gasteiger partial charge >= 0.3 is 0 Å². The summed E-state index contributed by atoms with van der Waals surface area (Å²) in [6, 6.07) is 0. The van der Waals surface area contributed by atoms with Gasteiger partial charge in [-0.05, 0) is 25.7 Å². The molecule has 102 valence electrons. The van der Waals surface area contributed by atoms with Crippen LogP contribution in [0.4, 0.5) is 5.13 Å². The molecule has 1 aliphatic carbocycles. The van der Waals surface area contributed by atoms with Gasteiger partial charge in [0.15, 0.2) is 5.13 Å². The van der Waals surface area contributed by atoms with Gasteiger partial charge < -0.3 is 16.2 Å². The molecule has 0 aromatic carbocycles. The fourth-order valence-electron chi connectivity index (χ4n) is 2.76. The highest BCUT2D eigenvalue weighted by molar-refractivity contribution is 7.15. The molecule has 4 N–H and O–H groups in total. The maximum Gasteiger partial charge on any atom is 0.180 e. The van der Waals surface area contributed by atoms with E-state index in [0.717, 1.165) is 11.4 Å². The molecule has 1 atom stereocenters. The molecule has 1 aromatic heterocycles. The van der Waals surface area contributed by atoms with Crippen LogP contribution in [0.25, 0.3) is 0 Å². The number of nitrogens with two attached hydrogens (primary N) is 1. The molecule has 18 heavy (non-hydrogen) atoms. The van der Waals surface area contributed by atoms with Crippen LogP contribution in [-0.4, -0.2) is 22.2 Å². The lowest BCUT2D eigenvalue weighted by atomic mass is 9.76. The summed E-state index contributed by atoms with van der Waals surface area (Å²) >= 11 is 1.51. The normalized spacial score (nSPS) is 20.8. The van der Waals surface area contributed by atoms with Crippen molar-refractivity contribution in [1.82, 2.24) is 10.3 Å². The third-order valence-electron chi connectivity index (χ3n) is 4.07. The van der Waals surface area contributed by atoms with E-state index in [1.165, 1.54) is 43.4 Å². The molecule has 1 saturated carbocycles. The molecule has 1 heterocycles. The number of hydrogen-bond acceptors (Lipinski definition) is 5. The minimum Gasteiger partial charge on any atom is -0.394 e.